The van der Waals surface area contributed by atoms with Crippen LogP contribution in [0.2, 0.25) is 0 Å². The highest BCUT2D eigenvalue weighted by Gasteiger charge is 2.30. The van der Waals surface area contributed by atoms with E-state index in [1.165, 1.54) is 16.5 Å². The molecule has 1 aliphatic heterocycles. The van der Waals surface area contributed by atoms with Gasteiger partial charge in [0.05, 0.1) is 28.6 Å². The molecule has 7 nitrogen and oxygen atoms in total. The molecule has 0 atom stereocenters. The van der Waals surface area contributed by atoms with Crippen molar-refractivity contribution in [3.8, 4) is 17.3 Å². The van der Waals surface area contributed by atoms with Crippen molar-refractivity contribution >= 4 is 44.7 Å². The summed E-state index contributed by atoms with van der Waals surface area (Å²) in [5.41, 5.74) is 8.94. The molecule has 0 N–H and O–H groups in total. The van der Waals surface area contributed by atoms with Crippen LogP contribution >= 0.6 is 0 Å². The van der Waals surface area contributed by atoms with E-state index in [-0.39, 0.29) is 5.41 Å². The number of fused-ring (bicyclic) bond motifs is 4. The number of para-hydroxylation sites is 1. The van der Waals surface area contributed by atoms with E-state index in [2.05, 4.69) is 140 Å². The summed E-state index contributed by atoms with van der Waals surface area (Å²) in [5, 5.41) is 2.34. The molecule has 1 aliphatic rings. The van der Waals surface area contributed by atoms with Crippen molar-refractivity contribution in [2.75, 3.05) is 16.5 Å². The van der Waals surface area contributed by atoms with Crippen molar-refractivity contribution in [1.82, 2.24) is 19.5 Å². The second kappa shape index (κ2) is 11.8. The summed E-state index contributed by atoms with van der Waals surface area (Å²) in [6.07, 6.45) is 7.68. The van der Waals surface area contributed by atoms with Crippen LogP contribution in [0, 0.1) is 6.92 Å². The zero-order chi connectivity index (χ0) is 33.9. The van der Waals surface area contributed by atoms with Crippen LogP contribution in [0.4, 0.5) is 22.9 Å². The minimum atomic E-state index is 0.00637. The lowest BCUT2D eigenvalue weighted by Crippen LogP contribution is -2.25. The van der Waals surface area contributed by atoms with E-state index in [1.807, 2.05) is 36.9 Å². The number of pyridine rings is 3. The topological polar surface area (TPSA) is 59.3 Å². The number of benzene rings is 3. The molecule has 0 bridgehead atoms. The Balaban J connectivity index is 1.15. The molecule has 8 rings (SSSR count). The van der Waals surface area contributed by atoms with Crippen molar-refractivity contribution in [2.45, 2.75) is 52.9 Å². The summed E-state index contributed by atoms with van der Waals surface area (Å²) in [7, 11) is 0. The van der Waals surface area contributed by atoms with Crippen LogP contribution in [0.3, 0.4) is 0 Å². The molecule has 0 fully saturated rings. The van der Waals surface area contributed by atoms with E-state index < -0.39 is 0 Å². The minimum Gasteiger partial charge on any atom is -0.457 e. The summed E-state index contributed by atoms with van der Waals surface area (Å²) < 4.78 is 8.85. The zero-order valence-electron chi connectivity index (χ0n) is 28.8. The Labute approximate surface area is 287 Å². The Bertz CT molecular complexity index is 2350. The number of aryl methyl sites for hydroxylation is 1. The van der Waals surface area contributed by atoms with Gasteiger partial charge in [-0.05, 0) is 83.5 Å². The fourth-order valence-corrected chi connectivity index (χ4v) is 6.82. The number of aromatic nitrogens is 4. The van der Waals surface area contributed by atoms with E-state index in [1.54, 1.807) is 0 Å². The van der Waals surface area contributed by atoms with Gasteiger partial charge in [-0.3, -0.25) is 9.55 Å². The monoisotopic (exact) mass is 644 g/mol. The van der Waals surface area contributed by atoms with Crippen molar-refractivity contribution in [2.24, 2.45) is 0 Å². The highest BCUT2D eigenvalue weighted by atomic mass is 16.5. The Morgan fingerprint density at radius 1 is 0.714 bits per heavy atom. The summed E-state index contributed by atoms with van der Waals surface area (Å²) in [6, 6.07) is 31.7. The highest BCUT2D eigenvalue weighted by Crippen LogP contribution is 2.45. The second-order valence-electron chi connectivity index (χ2n) is 14.2. The lowest BCUT2D eigenvalue weighted by molar-refractivity contribution is 0.483. The van der Waals surface area contributed by atoms with Gasteiger partial charge in [0.15, 0.2) is 0 Å². The van der Waals surface area contributed by atoms with Crippen LogP contribution in [0.15, 0.2) is 116 Å². The molecule has 0 aliphatic carbocycles. The number of hydrogen-bond donors (Lipinski definition) is 0. The van der Waals surface area contributed by atoms with Crippen LogP contribution in [-0.4, -0.2) is 26.2 Å². The smallest absolute Gasteiger partial charge is 0.137 e. The fourth-order valence-electron chi connectivity index (χ4n) is 6.82. The molecular formula is C42H40N6O. The summed E-state index contributed by atoms with van der Waals surface area (Å²) >= 11 is 0. The largest absolute Gasteiger partial charge is 0.457 e. The number of anilines is 4. The minimum absolute atomic E-state index is 0.00637. The molecule has 244 valence electrons. The van der Waals surface area contributed by atoms with Gasteiger partial charge in [-0.25, -0.2) is 9.97 Å². The maximum atomic E-state index is 6.60. The summed E-state index contributed by atoms with van der Waals surface area (Å²) in [6.45, 7) is 13.8. The lowest BCUT2D eigenvalue weighted by Gasteiger charge is -2.23. The predicted molar refractivity (Wildman–Crippen MR) is 200 cm³/mol. The Morgan fingerprint density at radius 3 is 2.35 bits per heavy atom. The second-order valence-corrected chi connectivity index (χ2v) is 14.2. The molecule has 7 heteroatoms. The number of nitrogens with zero attached hydrogens (tertiary/aromatic N) is 6. The summed E-state index contributed by atoms with van der Waals surface area (Å²) in [5.74, 6) is 3.79. The first kappa shape index (κ1) is 30.6. The van der Waals surface area contributed by atoms with Crippen LogP contribution in [-0.2, 0) is 5.41 Å². The lowest BCUT2D eigenvalue weighted by atomic mass is 9.88. The molecule has 4 aromatic heterocycles. The van der Waals surface area contributed by atoms with Gasteiger partial charge in [-0.15, -0.1) is 0 Å². The normalized spacial score (nSPS) is 13.1. The van der Waals surface area contributed by atoms with Gasteiger partial charge in [0.25, 0.3) is 0 Å². The summed E-state index contributed by atoms with van der Waals surface area (Å²) in [4.78, 5) is 18.8. The Hall–Kier alpha value is -5.69. The van der Waals surface area contributed by atoms with Crippen molar-refractivity contribution in [3.05, 3.63) is 132 Å². The molecular weight excluding hydrogens is 605 g/mol. The van der Waals surface area contributed by atoms with Crippen LogP contribution in [0.25, 0.3) is 27.6 Å². The van der Waals surface area contributed by atoms with Gasteiger partial charge in [-0.1, -0.05) is 65.0 Å². The number of rotatable bonds is 6. The van der Waals surface area contributed by atoms with Gasteiger partial charge in [0, 0.05) is 47.2 Å². The van der Waals surface area contributed by atoms with Gasteiger partial charge < -0.3 is 14.5 Å². The van der Waals surface area contributed by atoms with Crippen LogP contribution in [0.1, 0.15) is 57.2 Å². The fraction of sp³-hybridized carbons (Fsp3) is 0.214. The molecule has 3 aromatic carbocycles. The van der Waals surface area contributed by atoms with Gasteiger partial charge in [0.1, 0.15) is 29.8 Å². The molecule has 0 radical (unpaired) electrons. The molecule has 0 amide bonds. The SMILES string of the molecule is Cc1cc(C(C)C)cnc1N1CN(c2cccc(Oc3ccc4c5ccccc5n(-c5cc(C(C)(C)C)ccn5)c4c3)c2)c2cnccc21. The van der Waals surface area contributed by atoms with Crippen molar-refractivity contribution < 1.29 is 4.74 Å². The Morgan fingerprint density at radius 2 is 1.53 bits per heavy atom. The van der Waals surface area contributed by atoms with E-state index in [0.717, 1.165) is 62.2 Å². The third-order valence-corrected chi connectivity index (χ3v) is 9.49. The zero-order valence-corrected chi connectivity index (χ0v) is 28.8. The first-order valence-corrected chi connectivity index (χ1v) is 16.9. The van der Waals surface area contributed by atoms with Gasteiger partial charge >= 0.3 is 0 Å². The average Bonchev–Trinajstić information content (AvgIpc) is 3.64. The molecule has 0 saturated carbocycles. The van der Waals surface area contributed by atoms with E-state index in [4.69, 9.17) is 14.7 Å². The first-order chi connectivity index (χ1) is 23.7. The molecule has 0 saturated heterocycles. The van der Waals surface area contributed by atoms with Crippen LogP contribution < -0.4 is 14.5 Å². The predicted octanol–water partition coefficient (Wildman–Crippen LogP) is 10.7. The maximum Gasteiger partial charge on any atom is 0.137 e. The highest BCUT2D eigenvalue weighted by molar-refractivity contribution is 6.09. The van der Waals surface area contributed by atoms with E-state index >= 15 is 0 Å². The first-order valence-electron chi connectivity index (χ1n) is 16.9. The Kier molecular flexibility index (Phi) is 7.36. The molecule has 0 unspecified atom stereocenters. The molecule has 5 heterocycles. The molecule has 0 spiro atoms. The third-order valence-electron chi connectivity index (χ3n) is 9.49. The van der Waals surface area contributed by atoms with E-state index in [0.29, 0.717) is 12.6 Å². The quantitative estimate of drug-likeness (QED) is 0.180. The van der Waals surface area contributed by atoms with Gasteiger partial charge in [0.2, 0.25) is 0 Å². The molecule has 7 aromatic rings. The molecule has 49 heavy (non-hydrogen) atoms. The van der Waals surface area contributed by atoms with Crippen molar-refractivity contribution in [3.63, 3.8) is 0 Å². The average molecular weight is 645 g/mol. The van der Waals surface area contributed by atoms with Gasteiger partial charge in [-0.2, -0.15) is 0 Å². The number of hydrogen-bond acceptors (Lipinski definition) is 6. The van der Waals surface area contributed by atoms with Crippen molar-refractivity contribution in [1.29, 1.82) is 0 Å². The maximum absolute atomic E-state index is 6.60. The van der Waals surface area contributed by atoms with Crippen LogP contribution in [0.5, 0.6) is 11.5 Å². The van der Waals surface area contributed by atoms with E-state index in [9.17, 15) is 0 Å². The number of ether oxygens (including phenoxy) is 1. The standard InChI is InChI=1S/C42H40N6O/c1-27(2)29-20-28(3)41(45-24-29)47-26-46(39-25-43-18-17-37(39)47)31-10-9-11-32(22-31)49-33-14-15-35-34-12-7-8-13-36(34)48(38(35)23-33)40-21-30(16-19-44-40)42(4,5)6/h7-25,27H,26H2,1-6H3. The third kappa shape index (κ3) is 5.45.